The summed E-state index contributed by atoms with van der Waals surface area (Å²) in [7, 11) is 0. The minimum atomic E-state index is -0.889. The van der Waals surface area contributed by atoms with Gasteiger partial charge in [0.15, 0.2) is 6.10 Å². The fourth-order valence-electron chi connectivity index (χ4n) is 1.35. The monoisotopic (exact) mass is 272 g/mol. The van der Waals surface area contributed by atoms with Crippen molar-refractivity contribution < 1.29 is 14.3 Å². The number of hydrogen-bond donors (Lipinski definition) is 1. The number of allylic oxidation sites excluding steroid dienone is 1. The Labute approximate surface area is 117 Å². The van der Waals surface area contributed by atoms with Crippen LogP contribution < -0.4 is 5.32 Å². The van der Waals surface area contributed by atoms with Gasteiger partial charge in [0.2, 0.25) is 0 Å². The van der Waals surface area contributed by atoms with Crippen molar-refractivity contribution in [3.05, 3.63) is 42.0 Å². The van der Waals surface area contributed by atoms with Gasteiger partial charge in [-0.15, -0.1) is 0 Å². The van der Waals surface area contributed by atoms with Crippen molar-refractivity contribution >= 4 is 17.6 Å². The SMILES string of the molecule is CCC=CC(=O)OC(C)C(=O)Nc1ccc(C#N)cc1. The van der Waals surface area contributed by atoms with Gasteiger partial charge in [-0.25, -0.2) is 4.79 Å². The summed E-state index contributed by atoms with van der Waals surface area (Å²) < 4.78 is 4.94. The molecule has 0 aliphatic rings. The molecule has 0 aromatic heterocycles. The Hall–Kier alpha value is -2.61. The highest BCUT2D eigenvalue weighted by molar-refractivity contribution is 5.95. The van der Waals surface area contributed by atoms with E-state index in [0.717, 1.165) is 6.42 Å². The molecule has 0 heterocycles. The molecule has 104 valence electrons. The average Bonchev–Trinajstić information content (AvgIpc) is 2.45. The summed E-state index contributed by atoms with van der Waals surface area (Å²) in [5, 5.41) is 11.3. The standard InChI is InChI=1S/C15H16N2O3/c1-3-4-5-14(18)20-11(2)15(19)17-13-8-6-12(10-16)7-9-13/h4-9,11H,3H2,1-2H3,(H,17,19). The third kappa shape index (κ3) is 4.94. The number of carbonyl (C=O) groups excluding carboxylic acids is 2. The van der Waals surface area contributed by atoms with Crippen LogP contribution in [-0.4, -0.2) is 18.0 Å². The third-order valence-electron chi connectivity index (χ3n) is 2.43. The van der Waals surface area contributed by atoms with E-state index < -0.39 is 18.0 Å². The van der Waals surface area contributed by atoms with E-state index in [2.05, 4.69) is 5.32 Å². The van der Waals surface area contributed by atoms with Gasteiger partial charge < -0.3 is 10.1 Å². The van der Waals surface area contributed by atoms with Crippen molar-refractivity contribution in [2.24, 2.45) is 0 Å². The molecule has 0 bridgehead atoms. The molecule has 1 atom stereocenters. The van der Waals surface area contributed by atoms with Crippen molar-refractivity contribution in [1.29, 1.82) is 5.26 Å². The highest BCUT2D eigenvalue weighted by atomic mass is 16.5. The van der Waals surface area contributed by atoms with Crippen LogP contribution in [0.4, 0.5) is 5.69 Å². The summed E-state index contributed by atoms with van der Waals surface area (Å²) in [6, 6.07) is 8.40. The third-order valence-corrected chi connectivity index (χ3v) is 2.43. The van der Waals surface area contributed by atoms with E-state index in [1.165, 1.54) is 13.0 Å². The lowest BCUT2D eigenvalue weighted by atomic mass is 10.2. The Morgan fingerprint density at radius 3 is 2.60 bits per heavy atom. The maximum atomic E-state index is 11.8. The van der Waals surface area contributed by atoms with E-state index in [-0.39, 0.29) is 0 Å². The average molecular weight is 272 g/mol. The number of rotatable bonds is 5. The minimum absolute atomic E-state index is 0.423. The van der Waals surface area contributed by atoms with Crippen molar-refractivity contribution in [3.8, 4) is 6.07 Å². The molecule has 0 aliphatic heterocycles. The molecule has 5 heteroatoms. The van der Waals surface area contributed by atoms with E-state index >= 15 is 0 Å². The highest BCUT2D eigenvalue weighted by Gasteiger charge is 2.16. The fourth-order valence-corrected chi connectivity index (χ4v) is 1.35. The predicted octanol–water partition coefficient (Wildman–Crippen LogP) is 2.39. The van der Waals surface area contributed by atoms with Crippen molar-refractivity contribution in [2.75, 3.05) is 5.32 Å². The second-order valence-electron chi connectivity index (χ2n) is 4.07. The first-order valence-electron chi connectivity index (χ1n) is 6.25. The predicted molar refractivity (Wildman–Crippen MR) is 74.8 cm³/mol. The number of nitrogens with zero attached hydrogens (tertiary/aromatic N) is 1. The van der Waals surface area contributed by atoms with Crippen LogP contribution in [0.1, 0.15) is 25.8 Å². The smallest absolute Gasteiger partial charge is 0.331 e. The minimum Gasteiger partial charge on any atom is -0.449 e. The number of carbonyl (C=O) groups is 2. The Morgan fingerprint density at radius 2 is 2.05 bits per heavy atom. The molecule has 0 spiro atoms. The van der Waals surface area contributed by atoms with Crippen LogP contribution in [0.2, 0.25) is 0 Å². The first-order valence-corrected chi connectivity index (χ1v) is 6.25. The number of amides is 1. The Kier molecular flexibility index (Phi) is 5.98. The van der Waals surface area contributed by atoms with Gasteiger partial charge in [-0.05, 0) is 37.6 Å². The fraction of sp³-hybridized carbons (Fsp3) is 0.267. The zero-order valence-corrected chi connectivity index (χ0v) is 11.4. The number of esters is 1. The molecule has 0 aliphatic carbocycles. The lowest BCUT2D eigenvalue weighted by molar-refractivity contribution is -0.148. The van der Waals surface area contributed by atoms with E-state index in [4.69, 9.17) is 10.00 Å². The molecule has 1 N–H and O–H groups in total. The summed E-state index contributed by atoms with van der Waals surface area (Å²) in [5.41, 5.74) is 1.05. The Bertz CT molecular complexity index is 541. The second kappa shape index (κ2) is 7.74. The van der Waals surface area contributed by atoms with Gasteiger partial charge in [0, 0.05) is 11.8 Å². The largest absolute Gasteiger partial charge is 0.449 e. The van der Waals surface area contributed by atoms with Crippen LogP contribution in [0.25, 0.3) is 0 Å². The zero-order chi connectivity index (χ0) is 15.0. The van der Waals surface area contributed by atoms with Crippen molar-refractivity contribution in [2.45, 2.75) is 26.4 Å². The topological polar surface area (TPSA) is 79.2 Å². The van der Waals surface area contributed by atoms with Gasteiger partial charge in [0.1, 0.15) is 0 Å². The maximum Gasteiger partial charge on any atom is 0.331 e. The summed E-state index contributed by atoms with van der Waals surface area (Å²) in [6.45, 7) is 3.39. The highest BCUT2D eigenvalue weighted by Crippen LogP contribution is 2.09. The van der Waals surface area contributed by atoms with Crippen LogP contribution in [0.15, 0.2) is 36.4 Å². The molecule has 1 aromatic carbocycles. The molecule has 5 nitrogen and oxygen atoms in total. The van der Waals surface area contributed by atoms with Gasteiger partial charge in [0.25, 0.3) is 5.91 Å². The Balaban J connectivity index is 2.55. The zero-order valence-electron chi connectivity index (χ0n) is 11.4. The van der Waals surface area contributed by atoms with E-state index in [9.17, 15) is 9.59 Å². The van der Waals surface area contributed by atoms with Crippen LogP contribution in [0.5, 0.6) is 0 Å². The number of benzene rings is 1. The molecule has 20 heavy (non-hydrogen) atoms. The molecule has 1 unspecified atom stereocenters. The quantitative estimate of drug-likeness (QED) is 0.659. The summed E-state index contributed by atoms with van der Waals surface area (Å²) in [5.74, 6) is -0.970. The van der Waals surface area contributed by atoms with E-state index in [1.54, 1.807) is 30.3 Å². The van der Waals surface area contributed by atoms with Crippen molar-refractivity contribution in [1.82, 2.24) is 0 Å². The summed E-state index contributed by atoms with van der Waals surface area (Å²) in [4.78, 5) is 23.1. The van der Waals surface area contributed by atoms with Gasteiger partial charge in [0.05, 0.1) is 11.6 Å². The van der Waals surface area contributed by atoms with Gasteiger partial charge in [-0.3, -0.25) is 4.79 Å². The van der Waals surface area contributed by atoms with Crippen molar-refractivity contribution in [3.63, 3.8) is 0 Å². The molecular weight excluding hydrogens is 256 g/mol. The first-order chi connectivity index (χ1) is 9.56. The summed E-state index contributed by atoms with van der Waals surface area (Å²) in [6.07, 6.45) is 2.79. The number of hydrogen-bond acceptors (Lipinski definition) is 4. The number of nitriles is 1. The van der Waals surface area contributed by atoms with Gasteiger partial charge >= 0.3 is 5.97 Å². The maximum absolute atomic E-state index is 11.8. The van der Waals surface area contributed by atoms with Crippen LogP contribution >= 0.6 is 0 Å². The molecule has 1 aromatic rings. The van der Waals surface area contributed by atoms with E-state index in [1.807, 2.05) is 13.0 Å². The molecule has 0 radical (unpaired) electrons. The normalized spacial score (nSPS) is 11.7. The number of nitrogens with one attached hydrogen (secondary N) is 1. The molecular formula is C15H16N2O3. The van der Waals surface area contributed by atoms with Crippen LogP contribution in [0.3, 0.4) is 0 Å². The molecule has 1 rings (SSSR count). The Morgan fingerprint density at radius 1 is 1.40 bits per heavy atom. The lowest BCUT2D eigenvalue weighted by Crippen LogP contribution is -2.29. The van der Waals surface area contributed by atoms with E-state index in [0.29, 0.717) is 11.3 Å². The molecule has 0 fully saturated rings. The lowest BCUT2D eigenvalue weighted by Gasteiger charge is -2.12. The molecule has 0 saturated heterocycles. The number of anilines is 1. The van der Waals surface area contributed by atoms with Gasteiger partial charge in [-0.2, -0.15) is 5.26 Å². The summed E-state index contributed by atoms with van der Waals surface area (Å²) >= 11 is 0. The molecule has 1 amide bonds. The van der Waals surface area contributed by atoms with Crippen LogP contribution in [0, 0.1) is 11.3 Å². The number of ether oxygens (including phenoxy) is 1. The first kappa shape index (κ1) is 15.4. The van der Waals surface area contributed by atoms with Gasteiger partial charge in [-0.1, -0.05) is 13.0 Å². The molecule has 0 saturated carbocycles. The van der Waals surface area contributed by atoms with Crippen LogP contribution in [-0.2, 0) is 14.3 Å². The second-order valence-corrected chi connectivity index (χ2v) is 4.07.